The molecule has 0 saturated carbocycles. The van der Waals surface area contributed by atoms with Crippen molar-refractivity contribution in [3.05, 3.63) is 23.2 Å². The second-order valence-corrected chi connectivity index (χ2v) is 4.43. The Morgan fingerprint density at radius 3 is 2.70 bits per heavy atom. The second kappa shape index (κ2) is 8.39. The first-order valence-electron chi connectivity index (χ1n) is 6.25. The van der Waals surface area contributed by atoms with Crippen LogP contribution in [-0.4, -0.2) is 31.5 Å². The maximum atomic E-state index is 11.6. The summed E-state index contributed by atoms with van der Waals surface area (Å²) in [6.07, 6.45) is 0.885. The Labute approximate surface area is 122 Å². The van der Waals surface area contributed by atoms with Gasteiger partial charge < -0.3 is 21.1 Å². The highest BCUT2D eigenvalue weighted by Crippen LogP contribution is 2.27. The second-order valence-electron chi connectivity index (χ2n) is 4.02. The lowest BCUT2D eigenvalue weighted by Gasteiger charge is -2.10. The van der Waals surface area contributed by atoms with Gasteiger partial charge in [0.2, 0.25) is 11.8 Å². The number of nitrogens with one attached hydrogen (secondary N) is 2. The molecule has 1 rings (SSSR count). The van der Waals surface area contributed by atoms with Gasteiger partial charge in [0.05, 0.1) is 24.7 Å². The molecule has 0 bridgehead atoms. The summed E-state index contributed by atoms with van der Waals surface area (Å²) >= 11 is 6.04. The van der Waals surface area contributed by atoms with E-state index in [9.17, 15) is 9.59 Å². The number of carbonyl (C=O) groups is 2. The minimum atomic E-state index is -0.388. The fraction of sp³-hybridized carbons (Fsp3) is 0.385. The number of carbonyl (C=O) groups excluding carboxylic acids is 2. The summed E-state index contributed by atoms with van der Waals surface area (Å²) in [5, 5.41) is 5.40. The molecule has 1 aromatic carbocycles. The Morgan fingerprint density at radius 2 is 2.10 bits per heavy atom. The molecule has 0 heterocycles. The quantitative estimate of drug-likeness (QED) is 0.704. The molecular formula is C13H18ClN3O3. The summed E-state index contributed by atoms with van der Waals surface area (Å²) < 4.78 is 5.42. The number of amides is 2. The lowest BCUT2D eigenvalue weighted by atomic mass is 10.3. The normalized spacial score (nSPS) is 9.95. The van der Waals surface area contributed by atoms with E-state index in [0.29, 0.717) is 23.1 Å². The fourth-order valence-electron chi connectivity index (χ4n) is 1.36. The highest BCUT2D eigenvalue weighted by atomic mass is 35.5. The Morgan fingerprint density at radius 1 is 1.35 bits per heavy atom. The molecule has 0 fully saturated rings. The lowest BCUT2D eigenvalue weighted by molar-refractivity contribution is -0.123. The van der Waals surface area contributed by atoms with E-state index in [4.69, 9.17) is 22.1 Å². The number of ether oxygens (including phenoxy) is 1. The predicted octanol–water partition coefficient (Wildman–Crippen LogP) is 1.14. The predicted molar refractivity (Wildman–Crippen MR) is 77.9 cm³/mol. The van der Waals surface area contributed by atoms with Crippen LogP contribution in [-0.2, 0) is 9.59 Å². The molecule has 110 valence electrons. The highest BCUT2D eigenvalue weighted by Gasteiger charge is 2.07. The van der Waals surface area contributed by atoms with Crippen molar-refractivity contribution in [3.63, 3.8) is 0 Å². The van der Waals surface area contributed by atoms with E-state index >= 15 is 0 Å². The summed E-state index contributed by atoms with van der Waals surface area (Å²) in [5.74, 6) is -0.172. The Kier molecular flexibility index (Phi) is 6.83. The SMILES string of the molecule is CCCOc1ccc(NC(=O)CNC(=O)CN)cc1Cl. The zero-order valence-electron chi connectivity index (χ0n) is 11.2. The van der Waals surface area contributed by atoms with Gasteiger partial charge in [0.25, 0.3) is 0 Å². The van der Waals surface area contributed by atoms with Gasteiger partial charge >= 0.3 is 0 Å². The Balaban J connectivity index is 2.53. The smallest absolute Gasteiger partial charge is 0.243 e. The van der Waals surface area contributed by atoms with Crippen LogP contribution in [0.4, 0.5) is 5.69 Å². The van der Waals surface area contributed by atoms with Gasteiger partial charge in [-0.3, -0.25) is 9.59 Å². The van der Waals surface area contributed by atoms with E-state index < -0.39 is 0 Å². The maximum Gasteiger partial charge on any atom is 0.243 e. The van der Waals surface area contributed by atoms with Crippen molar-refractivity contribution in [2.24, 2.45) is 5.73 Å². The molecule has 0 unspecified atom stereocenters. The van der Waals surface area contributed by atoms with Crippen molar-refractivity contribution in [3.8, 4) is 5.75 Å². The van der Waals surface area contributed by atoms with Crippen molar-refractivity contribution < 1.29 is 14.3 Å². The number of nitrogens with two attached hydrogens (primary N) is 1. The van der Waals surface area contributed by atoms with Gasteiger partial charge in [0.15, 0.2) is 0 Å². The van der Waals surface area contributed by atoms with Crippen LogP contribution in [0.1, 0.15) is 13.3 Å². The van der Waals surface area contributed by atoms with Crippen LogP contribution in [0.3, 0.4) is 0 Å². The van der Waals surface area contributed by atoms with Crippen LogP contribution in [0.25, 0.3) is 0 Å². The van der Waals surface area contributed by atoms with Crippen molar-refractivity contribution in [1.82, 2.24) is 5.32 Å². The Bertz CT molecular complexity index is 480. The van der Waals surface area contributed by atoms with Crippen LogP contribution in [0.5, 0.6) is 5.75 Å². The first-order valence-corrected chi connectivity index (χ1v) is 6.63. The average Bonchev–Trinajstić information content (AvgIpc) is 2.44. The van der Waals surface area contributed by atoms with Crippen LogP contribution < -0.4 is 21.1 Å². The summed E-state index contributed by atoms with van der Waals surface area (Å²) in [6.45, 7) is 2.29. The molecule has 1 aromatic rings. The fourth-order valence-corrected chi connectivity index (χ4v) is 1.60. The molecule has 2 amide bonds. The maximum absolute atomic E-state index is 11.6. The molecule has 0 atom stereocenters. The van der Waals surface area contributed by atoms with E-state index in [2.05, 4.69) is 10.6 Å². The van der Waals surface area contributed by atoms with E-state index in [-0.39, 0.29) is 24.9 Å². The zero-order valence-corrected chi connectivity index (χ0v) is 12.0. The third-order valence-corrected chi connectivity index (χ3v) is 2.60. The molecule has 6 nitrogen and oxygen atoms in total. The van der Waals surface area contributed by atoms with Gasteiger partial charge in [0, 0.05) is 5.69 Å². The molecule has 20 heavy (non-hydrogen) atoms. The first-order chi connectivity index (χ1) is 9.56. The number of hydrogen-bond acceptors (Lipinski definition) is 4. The summed E-state index contributed by atoms with van der Waals surface area (Å²) in [6, 6.07) is 4.96. The van der Waals surface area contributed by atoms with Gasteiger partial charge in [-0.2, -0.15) is 0 Å². The molecule has 4 N–H and O–H groups in total. The third-order valence-electron chi connectivity index (χ3n) is 2.31. The third kappa shape index (κ3) is 5.46. The van der Waals surface area contributed by atoms with Gasteiger partial charge in [-0.1, -0.05) is 18.5 Å². The molecule has 0 aromatic heterocycles. The average molecular weight is 300 g/mol. The largest absolute Gasteiger partial charge is 0.492 e. The van der Waals surface area contributed by atoms with Gasteiger partial charge in [-0.05, 0) is 24.6 Å². The van der Waals surface area contributed by atoms with Gasteiger partial charge in [-0.25, -0.2) is 0 Å². The molecule has 0 aliphatic rings. The summed E-state index contributed by atoms with van der Waals surface area (Å²) in [4.78, 5) is 22.5. The molecule has 0 aliphatic heterocycles. The first kappa shape index (κ1) is 16.3. The van der Waals surface area contributed by atoms with Crippen molar-refractivity contribution in [2.75, 3.05) is 25.0 Å². The summed E-state index contributed by atoms with van der Waals surface area (Å²) in [5.41, 5.74) is 5.65. The molecule has 7 heteroatoms. The van der Waals surface area contributed by atoms with Crippen LogP contribution in [0, 0.1) is 0 Å². The monoisotopic (exact) mass is 299 g/mol. The lowest BCUT2D eigenvalue weighted by Crippen LogP contribution is -2.36. The van der Waals surface area contributed by atoms with Crippen molar-refractivity contribution in [2.45, 2.75) is 13.3 Å². The number of anilines is 1. The van der Waals surface area contributed by atoms with Crippen LogP contribution >= 0.6 is 11.6 Å². The topological polar surface area (TPSA) is 93.5 Å². The van der Waals surface area contributed by atoms with E-state index in [1.54, 1.807) is 18.2 Å². The number of hydrogen-bond donors (Lipinski definition) is 3. The minimum absolute atomic E-state index is 0.137. The van der Waals surface area contributed by atoms with Gasteiger partial charge in [0.1, 0.15) is 5.75 Å². The molecular weight excluding hydrogens is 282 g/mol. The van der Waals surface area contributed by atoms with E-state index in [0.717, 1.165) is 6.42 Å². The van der Waals surface area contributed by atoms with Crippen molar-refractivity contribution >= 4 is 29.1 Å². The highest BCUT2D eigenvalue weighted by molar-refractivity contribution is 6.32. The zero-order chi connectivity index (χ0) is 15.0. The molecule has 0 spiro atoms. The Hall–Kier alpha value is -1.79. The minimum Gasteiger partial charge on any atom is -0.492 e. The number of benzene rings is 1. The summed E-state index contributed by atoms with van der Waals surface area (Å²) in [7, 11) is 0. The van der Waals surface area contributed by atoms with Crippen molar-refractivity contribution in [1.29, 1.82) is 0 Å². The number of rotatable bonds is 7. The van der Waals surface area contributed by atoms with Crippen LogP contribution in [0.2, 0.25) is 5.02 Å². The van der Waals surface area contributed by atoms with E-state index in [1.165, 1.54) is 0 Å². The van der Waals surface area contributed by atoms with Crippen LogP contribution in [0.15, 0.2) is 18.2 Å². The number of halogens is 1. The molecule has 0 saturated heterocycles. The van der Waals surface area contributed by atoms with Gasteiger partial charge in [-0.15, -0.1) is 0 Å². The van der Waals surface area contributed by atoms with E-state index in [1.807, 2.05) is 6.92 Å². The standard InChI is InChI=1S/C13H18ClN3O3/c1-2-5-20-11-4-3-9(6-10(11)14)17-13(19)8-16-12(18)7-15/h3-4,6H,2,5,7-8,15H2,1H3,(H,16,18)(H,17,19). The molecule has 0 radical (unpaired) electrons. The molecule has 0 aliphatic carbocycles.